The lowest BCUT2D eigenvalue weighted by molar-refractivity contribution is -0.0420. The Kier molecular flexibility index (Phi) is 1.83. The molecule has 0 saturated heterocycles. The standard InChI is InChI=1S/C13H12N2O/c14-8-9-2-3-10-7-12(15-11(10)6-9)13(16)4-1-5-13/h2-3,6-7,15-16H,1,4-5H2. The Balaban J connectivity index is 2.13. The van der Waals surface area contributed by atoms with Crippen LogP contribution in [0.2, 0.25) is 0 Å². The minimum Gasteiger partial charge on any atom is -0.384 e. The number of aliphatic hydroxyl groups is 1. The van der Waals surface area contributed by atoms with E-state index in [0.29, 0.717) is 5.56 Å². The molecule has 0 bridgehead atoms. The van der Waals surface area contributed by atoms with Gasteiger partial charge >= 0.3 is 0 Å². The van der Waals surface area contributed by atoms with E-state index < -0.39 is 5.60 Å². The van der Waals surface area contributed by atoms with Gasteiger partial charge in [0.2, 0.25) is 0 Å². The molecule has 80 valence electrons. The summed E-state index contributed by atoms with van der Waals surface area (Å²) in [6.45, 7) is 0. The monoisotopic (exact) mass is 212 g/mol. The molecule has 1 aliphatic carbocycles. The fourth-order valence-corrected chi connectivity index (χ4v) is 2.23. The molecule has 1 aliphatic rings. The van der Waals surface area contributed by atoms with Crippen molar-refractivity contribution in [1.29, 1.82) is 5.26 Å². The van der Waals surface area contributed by atoms with Crippen LogP contribution in [0.3, 0.4) is 0 Å². The first-order chi connectivity index (χ1) is 7.71. The fourth-order valence-electron chi connectivity index (χ4n) is 2.23. The van der Waals surface area contributed by atoms with Crippen molar-refractivity contribution in [2.45, 2.75) is 24.9 Å². The van der Waals surface area contributed by atoms with Crippen LogP contribution >= 0.6 is 0 Å². The molecule has 2 aromatic rings. The van der Waals surface area contributed by atoms with Crippen molar-refractivity contribution < 1.29 is 5.11 Å². The topological polar surface area (TPSA) is 59.8 Å². The molecule has 3 heteroatoms. The molecule has 0 radical (unpaired) electrons. The van der Waals surface area contributed by atoms with Crippen LogP contribution in [-0.2, 0) is 5.60 Å². The highest BCUT2D eigenvalue weighted by atomic mass is 16.3. The third-order valence-electron chi connectivity index (χ3n) is 3.43. The zero-order chi connectivity index (χ0) is 11.2. The summed E-state index contributed by atoms with van der Waals surface area (Å²) in [4.78, 5) is 3.21. The minimum absolute atomic E-state index is 0.640. The largest absolute Gasteiger partial charge is 0.384 e. The minimum atomic E-state index is -0.661. The highest BCUT2D eigenvalue weighted by molar-refractivity contribution is 5.82. The molecule has 0 spiro atoms. The summed E-state index contributed by atoms with van der Waals surface area (Å²) in [5.41, 5.74) is 1.78. The van der Waals surface area contributed by atoms with E-state index in [1.54, 1.807) is 6.07 Å². The zero-order valence-corrected chi connectivity index (χ0v) is 8.83. The van der Waals surface area contributed by atoms with Crippen molar-refractivity contribution in [3.8, 4) is 6.07 Å². The molecule has 2 N–H and O–H groups in total. The van der Waals surface area contributed by atoms with Crippen LogP contribution in [0.5, 0.6) is 0 Å². The molecule has 3 rings (SSSR count). The van der Waals surface area contributed by atoms with E-state index in [0.717, 1.165) is 35.9 Å². The molecule has 0 atom stereocenters. The van der Waals surface area contributed by atoms with Gasteiger partial charge in [-0.2, -0.15) is 5.26 Å². The Morgan fingerprint density at radius 1 is 1.31 bits per heavy atom. The SMILES string of the molecule is N#Cc1ccc2cc(C3(O)CCC3)[nH]c2c1. The van der Waals surface area contributed by atoms with Gasteiger partial charge in [0.25, 0.3) is 0 Å². The quantitative estimate of drug-likeness (QED) is 0.762. The van der Waals surface area contributed by atoms with E-state index in [9.17, 15) is 5.11 Å². The van der Waals surface area contributed by atoms with Gasteiger partial charge in [-0.05, 0) is 42.8 Å². The van der Waals surface area contributed by atoms with Gasteiger partial charge in [-0.25, -0.2) is 0 Å². The number of nitriles is 1. The molecule has 0 amide bonds. The Hall–Kier alpha value is -1.79. The maximum atomic E-state index is 10.2. The summed E-state index contributed by atoms with van der Waals surface area (Å²) < 4.78 is 0. The van der Waals surface area contributed by atoms with Crippen LogP contribution in [0.15, 0.2) is 24.3 Å². The van der Waals surface area contributed by atoms with Gasteiger partial charge in [0.1, 0.15) is 5.60 Å². The number of H-pyrrole nitrogens is 1. The predicted molar refractivity (Wildman–Crippen MR) is 60.8 cm³/mol. The molecular weight excluding hydrogens is 200 g/mol. The van der Waals surface area contributed by atoms with Crippen LogP contribution in [0.4, 0.5) is 0 Å². The maximum absolute atomic E-state index is 10.2. The number of fused-ring (bicyclic) bond motifs is 1. The van der Waals surface area contributed by atoms with Gasteiger partial charge in [-0.15, -0.1) is 0 Å². The van der Waals surface area contributed by atoms with Crippen molar-refractivity contribution in [2.24, 2.45) is 0 Å². The molecule has 0 aliphatic heterocycles. The highest BCUT2D eigenvalue weighted by Gasteiger charge is 2.37. The summed E-state index contributed by atoms with van der Waals surface area (Å²) in [7, 11) is 0. The van der Waals surface area contributed by atoms with Crippen LogP contribution in [0.1, 0.15) is 30.5 Å². The second kappa shape index (κ2) is 3.10. The molecule has 1 aromatic heterocycles. The lowest BCUT2D eigenvalue weighted by Crippen LogP contribution is -2.33. The number of hydrogen-bond donors (Lipinski definition) is 2. The molecular formula is C13H12N2O. The zero-order valence-electron chi connectivity index (χ0n) is 8.83. The maximum Gasteiger partial charge on any atom is 0.104 e. The molecule has 1 saturated carbocycles. The first-order valence-electron chi connectivity index (χ1n) is 5.47. The van der Waals surface area contributed by atoms with Gasteiger partial charge in [-0.1, -0.05) is 6.07 Å². The number of hydrogen-bond acceptors (Lipinski definition) is 2. The van der Waals surface area contributed by atoms with E-state index in [1.165, 1.54) is 0 Å². The Bertz CT molecular complexity index is 587. The molecule has 3 nitrogen and oxygen atoms in total. The van der Waals surface area contributed by atoms with Crippen LogP contribution in [-0.4, -0.2) is 10.1 Å². The lowest BCUT2D eigenvalue weighted by Gasteiger charge is -2.35. The molecule has 0 unspecified atom stereocenters. The number of aromatic nitrogens is 1. The van der Waals surface area contributed by atoms with Gasteiger partial charge < -0.3 is 10.1 Å². The Labute approximate surface area is 93.3 Å². The molecule has 1 heterocycles. The first-order valence-corrected chi connectivity index (χ1v) is 5.47. The van der Waals surface area contributed by atoms with Gasteiger partial charge in [-0.3, -0.25) is 0 Å². The van der Waals surface area contributed by atoms with E-state index in [4.69, 9.17) is 5.26 Å². The van der Waals surface area contributed by atoms with Crippen molar-refractivity contribution in [3.63, 3.8) is 0 Å². The van der Waals surface area contributed by atoms with Crippen LogP contribution < -0.4 is 0 Å². The summed E-state index contributed by atoms with van der Waals surface area (Å²) in [6.07, 6.45) is 2.73. The average molecular weight is 212 g/mol. The van der Waals surface area contributed by atoms with Gasteiger partial charge in [0.05, 0.1) is 11.6 Å². The smallest absolute Gasteiger partial charge is 0.104 e. The third-order valence-corrected chi connectivity index (χ3v) is 3.43. The predicted octanol–water partition coefficient (Wildman–Crippen LogP) is 2.41. The van der Waals surface area contributed by atoms with E-state index >= 15 is 0 Å². The Morgan fingerprint density at radius 3 is 2.75 bits per heavy atom. The summed E-state index contributed by atoms with van der Waals surface area (Å²) in [6, 6.07) is 9.62. The third kappa shape index (κ3) is 1.24. The first kappa shape index (κ1) is 9.44. The Morgan fingerprint density at radius 2 is 2.12 bits per heavy atom. The second-order valence-corrected chi connectivity index (χ2v) is 4.48. The number of benzene rings is 1. The second-order valence-electron chi connectivity index (χ2n) is 4.48. The molecule has 1 fully saturated rings. The number of nitrogens with one attached hydrogen (secondary N) is 1. The van der Waals surface area contributed by atoms with E-state index in [1.807, 2.05) is 18.2 Å². The average Bonchev–Trinajstić information content (AvgIpc) is 2.68. The molecule has 16 heavy (non-hydrogen) atoms. The van der Waals surface area contributed by atoms with Crippen LogP contribution in [0, 0.1) is 11.3 Å². The van der Waals surface area contributed by atoms with Gasteiger partial charge in [0, 0.05) is 11.2 Å². The van der Waals surface area contributed by atoms with Crippen molar-refractivity contribution >= 4 is 10.9 Å². The summed E-state index contributed by atoms with van der Waals surface area (Å²) >= 11 is 0. The van der Waals surface area contributed by atoms with Gasteiger partial charge in [0.15, 0.2) is 0 Å². The lowest BCUT2D eigenvalue weighted by atomic mass is 9.78. The van der Waals surface area contributed by atoms with Crippen molar-refractivity contribution in [1.82, 2.24) is 4.98 Å². The van der Waals surface area contributed by atoms with E-state index in [-0.39, 0.29) is 0 Å². The highest BCUT2D eigenvalue weighted by Crippen LogP contribution is 2.41. The summed E-state index contributed by atoms with van der Waals surface area (Å²) in [5.74, 6) is 0. The van der Waals surface area contributed by atoms with Crippen molar-refractivity contribution in [2.75, 3.05) is 0 Å². The fraction of sp³-hybridized carbons (Fsp3) is 0.308. The van der Waals surface area contributed by atoms with Crippen molar-refractivity contribution in [3.05, 3.63) is 35.5 Å². The number of rotatable bonds is 1. The molecule has 1 aromatic carbocycles. The van der Waals surface area contributed by atoms with E-state index in [2.05, 4.69) is 11.1 Å². The normalized spacial score (nSPS) is 18.0. The van der Waals surface area contributed by atoms with Crippen LogP contribution in [0.25, 0.3) is 10.9 Å². The number of nitrogens with zero attached hydrogens (tertiary/aromatic N) is 1. The number of aromatic amines is 1. The summed E-state index contributed by atoms with van der Waals surface area (Å²) in [5, 5.41) is 20.1.